The number of aliphatic imine (C=N–C) groups is 1. The van der Waals surface area contributed by atoms with Crippen LogP contribution in [-0.4, -0.2) is 33.4 Å². The van der Waals surface area contributed by atoms with Gasteiger partial charge in [0.1, 0.15) is 18.1 Å². The van der Waals surface area contributed by atoms with E-state index in [2.05, 4.69) is 10.3 Å². The Morgan fingerprint density at radius 3 is 2.71 bits per heavy atom. The zero-order valence-corrected chi connectivity index (χ0v) is 14.0. The number of rotatable bonds is 8. The van der Waals surface area contributed by atoms with Crippen LogP contribution in [0, 0.1) is 0 Å². The van der Waals surface area contributed by atoms with Crippen molar-refractivity contribution < 1.29 is 14.2 Å². The fourth-order valence-corrected chi connectivity index (χ4v) is 2.08. The number of para-hydroxylation sites is 2. The highest BCUT2D eigenvalue weighted by molar-refractivity contribution is 5.93. The molecule has 0 bridgehead atoms. The quantitative estimate of drug-likeness (QED) is 0.442. The van der Waals surface area contributed by atoms with Crippen molar-refractivity contribution in [1.29, 1.82) is 0 Å². The minimum absolute atomic E-state index is 0.324. The van der Waals surface area contributed by atoms with E-state index < -0.39 is 0 Å². The number of hydrogen-bond acceptors (Lipinski definition) is 4. The first kappa shape index (κ1) is 17.6. The first-order valence-electron chi connectivity index (χ1n) is 7.63. The summed E-state index contributed by atoms with van der Waals surface area (Å²) in [6.45, 7) is 1.52. The van der Waals surface area contributed by atoms with E-state index >= 15 is 0 Å². The number of anilines is 1. The molecule has 0 radical (unpaired) electrons. The molecule has 0 atom stereocenters. The van der Waals surface area contributed by atoms with E-state index in [0.717, 1.165) is 17.0 Å². The Bertz CT molecular complexity index is 674. The van der Waals surface area contributed by atoms with Crippen LogP contribution in [0.5, 0.6) is 11.5 Å². The monoisotopic (exact) mass is 329 g/mol. The molecule has 2 aromatic rings. The van der Waals surface area contributed by atoms with Crippen LogP contribution in [-0.2, 0) is 11.3 Å². The Kier molecular flexibility index (Phi) is 6.91. The molecule has 0 amide bonds. The molecule has 128 valence electrons. The van der Waals surface area contributed by atoms with Gasteiger partial charge in [-0.1, -0.05) is 24.3 Å². The molecule has 0 unspecified atom stereocenters. The molecule has 0 aliphatic carbocycles. The lowest BCUT2D eigenvalue weighted by atomic mass is 10.2. The van der Waals surface area contributed by atoms with Crippen LogP contribution in [0.4, 0.5) is 5.69 Å². The van der Waals surface area contributed by atoms with Crippen molar-refractivity contribution in [2.75, 3.05) is 32.8 Å². The van der Waals surface area contributed by atoms with Crippen LogP contribution >= 0.6 is 0 Å². The molecule has 0 aliphatic heterocycles. The number of benzene rings is 2. The minimum atomic E-state index is 0.324. The molecular weight excluding hydrogens is 306 g/mol. The third kappa shape index (κ3) is 5.48. The van der Waals surface area contributed by atoms with E-state index in [-0.39, 0.29) is 0 Å². The number of hydrogen-bond donors (Lipinski definition) is 2. The van der Waals surface area contributed by atoms with Crippen molar-refractivity contribution in [3.05, 3.63) is 54.1 Å². The summed E-state index contributed by atoms with van der Waals surface area (Å²) in [6, 6.07) is 15.3. The molecule has 0 aliphatic rings. The van der Waals surface area contributed by atoms with Gasteiger partial charge >= 0.3 is 0 Å². The Hall–Kier alpha value is -2.73. The fraction of sp³-hybridized carbons (Fsp3) is 0.278. The third-order valence-corrected chi connectivity index (χ3v) is 3.26. The van der Waals surface area contributed by atoms with Gasteiger partial charge in [-0.05, 0) is 29.8 Å². The minimum Gasteiger partial charge on any atom is -0.495 e. The lowest BCUT2D eigenvalue weighted by Crippen LogP contribution is -2.22. The Labute approximate surface area is 142 Å². The molecule has 0 aromatic heterocycles. The van der Waals surface area contributed by atoms with Crippen molar-refractivity contribution in [3.8, 4) is 11.5 Å². The van der Waals surface area contributed by atoms with Gasteiger partial charge in [-0.25, -0.2) is 4.99 Å². The van der Waals surface area contributed by atoms with Gasteiger partial charge in [0.05, 0.1) is 25.9 Å². The molecule has 0 saturated heterocycles. The maximum absolute atomic E-state index is 5.95. The standard InChI is InChI=1S/C18H23N3O3/c1-22-10-11-24-15-7-5-6-14(12-15)13-20-18(19)21-16-8-3-4-9-17(16)23-2/h3-9,12H,10-11,13H2,1-2H3,(H3,19,20,21). The second-order valence-electron chi connectivity index (χ2n) is 5.02. The van der Waals surface area contributed by atoms with Gasteiger partial charge in [0.2, 0.25) is 0 Å². The number of nitrogens with one attached hydrogen (secondary N) is 1. The second kappa shape index (κ2) is 9.42. The van der Waals surface area contributed by atoms with E-state index in [1.807, 2.05) is 48.5 Å². The molecule has 0 fully saturated rings. The lowest BCUT2D eigenvalue weighted by molar-refractivity contribution is 0.146. The third-order valence-electron chi connectivity index (χ3n) is 3.26. The molecule has 0 saturated carbocycles. The smallest absolute Gasteiger partial charge is 0.193 e. The number of methoxy groups -OCH3 is 2. The normalized spacial score (nSPS) is 11.2. The van der Waals surface area contributed by atoms with Crippen LogP contribution < -0.4 is 20.5 Å². The molecule has 0 spiro atoms. The van der Waals surface area contributed by atoms with Crippen molar-refractivity contribution in [3.63, 3.8) is 0 Å². The Morgan fingerprint density at radius 2 is 1.92 bits per heavy atom. The largest absolute Gasteiger partial charge is 0.495 e. The molecule has 3 N–H and O–H groups in total. The van der Waals surface area contributed by atoms with Gasteiger partial charge in [-0.15, -0.1) is 0 Å². The number of guanidine groups is 1. The van der Waals surface area contributed by atoms with Crippen molar-refractivity contribution in [2.24, 2.45) is 10.7 Å². The van der Waals surface area contributed by atoms with Gasteiger partial charge in [0, 0.05) is 7.11 Å². The first-order valence-corrected chi connectivity index (χ1v) is 7.63. The zero-order valence-electron chi connectivity index (χ0n) is 14.0. The molecule has 2 rings (SSSR count). The van der Waals surface area contributed by atoms with Crippen LogP contribution in [0.15, 0.2) is 53.5 Å². The topological polar surface area (TPSA) is 78.1 Å². The summed E-state index contributed by atoms with van der Waals surface area (Å²) < 4.78 is 15.8. The van der Waals surface area contributed by atoms with Gasteiger partial charge in [-0.3, -0.25) is 0 Å². The maximum atomic E-state index is 5.95. The zero-order chi connectivity index (χ0) is 17.2. The summed E-state index contributed by atoms with van der Waals surface area (Å²) in [5.74, 6) is 1.82. The van der Waals surface area contributed by atoms with E-state index in [1.165, 1.54) is 0 Å². The van der Waals surface area contributed by atoms with E-state index in [1.54, 1.807) is 14.2 Å². The van der Waals surface area contributed by atoms with Crippen molar-refractivity contribution in [2.45, 2.75) is 6.54 Å². The van der Waals surface area contributed by atoms with Gasteiger partial charge in [0.15, 0.2) is 5.96 Å². The molecular formula is C18H23N3O3. The summed E-state index contributed by atoms with van der Waals surface area (Å²) in [6.07, 6.45) is 0. The van der Waals surface area contributed by atoms with Gasteiger partial charge in [-0.2, -0.15) is 0 Å². The number of nitrogens with zero attached hydrogens (tertiary/aromatic N) is 1. The first-order chi connectivity index (χ1) is 11.7. The van der Waals surface area contributed by atoms with Crippen LogP contribution in [0.2, 0.25) is 0 Å². The van der Waals surface area contributed by atoms with Gasteiger partial charge < -0.3 is 25.3 Å². The highest BCUT2D eigenvalue weighted by Gasteiger charge is 2.02. The second-order valence-corrected chi connectivity index (χ2v) is 5.02. The SMILES string of the molecule is COCCOc1cccc(CN=C(N)Nc2ccccc2OC)c1. The van der Waals surface area contributed by atoms with E-state index in [0.29, 0.717) is 31.5 Å². The Balaban J connectivity index is 1.95. The Morgan fingerprint density at radius 1 is 1.08 bits per heavy atom. The molecule has 6 nitrogen and oxygen atoms in total. The average molecular weight is 329 g/mol. The predicted octanol–water partition coefficient (Wildman–Crippen LogP) is 2.65. The van der Waals surface area contributed by atoms with E-state index in [4.69, 9.17) is 19.9 Å². The number of ether oxygens (including phenoxy) is 3. The van der Waals surface area contributed by atoms with Crippen LogP contribution in [0.3, 0.4) is 0 Å². The molecule has 6 heteroatoms. The van der Waals surface area contributed by atoms with Gasteiger partial charge in [0.25, 0.3) is 0 Å². The van der Waals surface area contributed by atoms with Crippen molar-refractivity contribution in [1.82, 2.24) is 0 Å². The molecule has 2 aromatic carbocycles. The lowest BCUT2D eigenvalue weighted by Gasteiger charge is -2.10. The highest BCUT2D eigenvalue weighted by Crippen LogP contribution is 2.22. The van der Waals surface area contributed by atoms with Crippen molar-refractivity contribution >= 4 is 11.6 Å². The maximum Gasteiger partial charge on any atom is 0.193 e. The summed E-state index contributed by atoms with van der Waals surface area (Å²) in [7, 11) is 3.26. The van der Waals surface area contributed by atoms with Crippen LogP contribution in [0.1, 0.15) is 5.56 Å². The molecule has 24 heavy (non-hydrogen) atoms. The molecule has 0 heterocycles. The predicted molar refractivity (Wildman–Crippen MR) is 95.8 cm³/mol. The summed E-state index contributed by atoms with van der Waals surface area (Å²) in [5, 5.41) is 3.04. The van der Waals surface area contributed by atoms with E-state index in [9.17, 15) is 0 Å². The highest BCUT2D eigenvalue weighted by atomic mass is 16.5. The number of nitrogens with two attached hydrogens (primary N) is 1. The summed E-state index contributed by atoms with van der Waals surface area (Å²) in [5.41, 5.74) is 7.73. The average Bonchev–Trinajstić information content (AvgIpc) is 2.61. The fourth-order valence-electron chi connectivity index (χ4n) is 2.08. The van der Waals surface area contributed by atoms with Crippen LogP contribution in [0.25, 0.3) is 0 Å². The summed E-state index contributed by atoms with van der Waals surface area (Å²) in [4.78, 5) is 4.35. The summed E-state index contributed by atoms with van der Waals surface area (Å²) >= 11 is 0.